The van der Waals surface area contributed by atoms with Gasteiger partial charge in [0, 0.05) is 13.5 Å². The van der Waals surface area contributed by atoms with E-state index in [0.29, 0.717) is 11.5 Å². The van der Waals surface area contributed by atoms with Gasteiger partial charge in [-0.3, -0.25) is 9.63 Å². The summed E-state index contributed by atoms with van der Waals surface area (Å²) in [7, 11) is 2.86. The summed E-state index contributed by atoms with van der Waals surface area (Å²) in [6, 6.07) is 4.52. The van der Waals surface area contributed by atoms with Crippen molar-refractivity contribution in [2.45, 2.75) is 38.8 Å². The molecule has 1 aromatic rings. The Bertz CT molecular complexity index is 641. The summed E-state index contributed by atoms with van der Waals surface area (Å²) >= 11 is 0. The van der Waals surface area contributed by atoms with E-state index in [1.807, 2.05) is 6.07 Å². The zero-order chi connectivity index (χ0) is 18.6. The average Bonchev–Trinajstić information content (AvgIpc) is 2.98. The molecule has 0 aliphatic carbocycles. The first-order chi connectivity index (χ1) is 11.7. The lowest BCUT2D eigenvalue weighted by atomic mass is 10.0. The van der Waals surface area contributed by atoms with Crippen LogP contribution in [-0.4, -0.2) is 49.7 Å². The van der Waals surface area contributed by atoms with Crippen molar-refractivity contribution in [3.05, 3.63) is 23.8 Å². The summed E-state index contributed by atoms with van der Waals surface area (Å²) in [6.45, 7) is 5.43. The molecule has 25 heavy (non-hydrogen) atoms. The zero-order valence-electron chi connectivity index (χ0n) is 15.1. The summed E-state index contributed by atoms with van der Waals surface area (Å²) in [5.74, 6) is 0.868. The summed E-state index contributed by atoms with van der Waals surface area (Å²) in [5, 5.41) is 3.66. The van der Waals surface area contributed by atoms with Crippen LogP contribution in [0, 0.1) is 0 Å². The number of hydrogen-bond acceptors (Lipinski definition) is 6. The molecule has 1 unspecified atom stereocenters. The second kappa shape index (κ2) is 7.60. The van der Waals surface area contributed by atoms with Gasteiger partial charge in [0.15, 0.2) is 11.5 Å². The number of carbonyl (C=O) groups excluding carboxylic acids is 2. The maximum Gasteiger partial charge on any atom is 0.408 e. The van der Waals surface area contributed by atoms with Crippen LogP contribution in [-0.2, 0) is 20.8 Å². The van der Waals surface area contributed by atoms with Crippen LogP contribution in [0.5, 0.6) is 11.5 Å². The standard InChI is InChI=1S/C17H24N2O6/c1-17(2,3)25-16(21)18-12(15(20)19(4)22-5)8-11-6-7-13-14(9-11)24-10-23-13/h6-7,9,12H,8,10H2,1-5H3,(H,18,21). The first kappa shape index (κ1) is 18.9. The highest BCUT2D eigenvalue weighted by Crippen LogP contribution is 2.32. The van der Waals surface area contributed by atoms with Crippen LogP contribution in [0.15, 0.2) is 18.2 Å². The van der Waals surface area contributed by atoms with Gasteiger partial charge in [-0.15, -0.1) is 0 Å². The van der Waals surface area contributed by atoms with Crippen LogP contribution in [0.3, 0.4) is 0 Å². The topological polar surface area (TPSA) is 86.3 Å². The Balaban J connectivity index is 2.13. The average molecular weight is 352 g/mol. The van der Waals surface area contributed by atoms with E-state index in [1.165, 1.54) is 14.2 Å². The van der Waals surface area contributed by atoms with Crippen LogP contribution in [0.1, 0.15) is 26.3 Å². The van der Waals surface area contributed by atoms with Gasteiger partial charge in [0.2, 0.25) is 6.79 Å². The van der Waals surface area contributed by atoms with Crippen LogP contribution in [0.4, 0.5) is 4.79 Å². The Labute approximate surface area is 146 Å². The van der Waals surface area contributed by atoms with Crippen LogP contribution in [0.2, 0.25) is 0 Å². The van der Waals surface area contributed by atoms with Crippen molar-refractivity contribution in [1.29, 1.82) is 0 Å². The molecule has 1 aliphatic heterocycles. The lowest BCUT2D eigenvalue weighted by Gasteiger charge is -2.25. The van der Waals surface area contributed by atoms with Crippen molar-refractivity contribution in [3.8, 4) is 11.5 Å². The van der Waals surface area contributed by atoms with Gasteiger partial charge in [0.25, 0.3) is 5.91 Å². The number of likely N-dealkylation sites (N-methyl/N-ethyl adjacent to an activating group) is 1. The van der Waals surface area contributed by atoms with Gasteiger partial charge < -0.3 is 19.5 Å². The molecule has 1 N–H and O–H groups in total. The molecule has 1 atom stereocenters. The van der Waals surface area contributed by atoms with Gasteiger partial charge in [-0.2, -0.15) is 0 Å². The number of amides is 2. The Morgan fingerprint density at radius 3 is 2.60 bits per heavy atom. The largest absolute Gasteiger partial charge is 0.454 e. The fourth-order valence-corrected chi connectivity index (χ4v) is 2.26. The molecular formula is C17H24N2O6. The van der Waals surface area contributed by atoms with E-state index in [-0.39, 0.29) is 13.2 Å². The highest BCUT2D eigenvalue weighted by atomic mass is 16.7. The lowest BCUT2D eigenvalue weighted by molar-refractivity contribution is -0.171. The number of carbonyl (C=O) groups is 2. The second-order valence-electron chi connectivity index (χ2n) is 6.61. The number of rotatable bonds is 5. The number of fused-ring (bicyclic) bond motifs is 1. The van der Waals surface area contributed by atoms with E-state index in [0.717, 1.165) is 10.6 Å². The maximum absolute atomic E-state index is 12.5. The number of alkyl carbamates (subject to hydrolysis) is 1. The van der Waals surface area contributed by atoms with Gasteiger partial charge in [-0.1, -0.05) is 6.07 Å². The molecule has 0 aromatic heterocycles. The smallest absolute Gasteiger partial charge is 0.408 e. The van der Waals surface area contributed by atoms with E-state index >= 15 is 0 Å². The number of hydrogen-bond donors (Lipinski definition) is 1. The molecule has 0 radical (unpaired) electrons. The Kier molecular flexibility index (Phi) is 5.73. The number of hydroxylamine groups is 2. The third-order valence-electron chi connectivity index (χ3n) is 3.45. The molecule has 1 aromatic carbocycles. The third-order valence-corrected chi connectivity index (χ3v) is 3.45. The molecule has 0 spiro atoms. The Morgan fingerprint density at radius 2 is 1.96 bits per heavy atom. The van der Waals surface area contributed by atoms with Gasteiger partial charge in [-0.05, 0) is 38.5 Å². The normalized spacial score (nSPS) is 14.0. The number of nitrogens with zero attached hydrogens (tertiary/aromatic N) is 1. The van der Waals surface area contributed by atoms with Gasteiger partial charge in [-0.25, -0.2) is 9.86 Å². The molecule has 0 fully saturated rings. The minimum Gasteiger partial charge on any atom is -0.454 e. The predicted molar refractivity (Wildman–Crippen MR) is 89.2 cm³/mol. The first-order valence-corrected chi connectivity index (χ1v) is 7.89. The van der Waals surface area contributed by atoms with Crippen LogP contribution < -0.4 is 14.8 Å². The number of nitrogens with one attached hydrogen (secondary N) is 1. The number of benzene rings is 1. The summed E-state index contributed by atoms with van der Waals surface area (Å²) in [5.41, 5.74) is 0.145. The number of ether oxygens (including phenoxy) is 3. The van der Waals surface area contributed by atoms with Crippen LogP contribution >= 0.6 is 0 Å². The van der Waals surface area contributed by atoms with E-state index in [4.69, 9.17) is 19.0 Å². The highest BCUT2D eigenvalue weighted by Gasteiger charge is 2.28. The van der Waals surface area contributed by atoms with Crippen molar-refractivity contribution in [2.24, 2.45) is 0 Å². The van der Waals surface area contributed by atoms with E-state index in [9.17, 15) is 9.59 Å². The minimum absolute atomic E-state index is 0.170. The minimum atomic E-state index is -0.847. The fourth-order valence-electron chi connectivity index (χ4n) is 2.26. The molecule has 138 valence electrons. The van der Waals surface area contributed by atoms with Crippen molar-refractivity contribution in [3.63, 3.8) is 0 Å². The summed E-state index contributed by atoms with van der Waals surface area (Å²) in [4.78, 5) is 29.5. The van der Waals surface area contributed by atoms with Crippen LogP contribution in [0.25, 0.3) is 0 Å². The third kappa shape index (κ3) is 5.25. The van der Waals surface area contributed by atoms with Gasteiger partial charge in [0.05, 0.1) is 7.11 Å². The molecule has 1 aliphatic rings. The predicted octanol–water partition coefficient (Wildman–Crippen LogP) is 1.87. The SMILES string of the molecule is CON(C)C(=O)C(Cc1ccc2c(c1)OCO2)NC(=O)OC(C)(C)C. The fraction of sp³-hybridized carbons (Fsp3) is 0.529. The van der Waals surface area contributed by atoms with E-state index in [2.05, 4.69) is 5.32 Å². The molecule has 0 bridgehead atoms. The molecule has 2 rings (SSSR count). The molecule has 0 saturated heterocycles. The second-order valence-corrected chi connectivity index (χ2v) is 6.61. The molecule has 0 saturated carbocycles. The molecule has 8 nitrogen and oxygen atoms in total. The van der Waals surface area contributed by atoms with E-state index in [1.54, 1.807) is 32.9 Å². The van der Waals surface area contributed by atoms with E-state index < -0.39 is 23.6 Å². The van der Waals surface area contributed by atoms with Gasteiger partial charge >= 0.3 is 6.09 Å². The molecule has 2 amide bonds. The Morgan fingerprint density at radius 1 is 1.28 bits per heavy atom. The molecular weight excluding hydrogens is 328 g/mol. The summed E-state index contributed by atoms with van der Waals surface area (Å²) in [6.07, 6.45) is -0.418. The Hall–Kier alpha value is -2.48. The molecule has 8 heteroatoms. The monoisotopic (exact) mass is 352 g/mol. The highest BCUT2D eigenvalue weighted by molar-refractivity contribution is 5.85. The first-order valence-electron chi connectivity index (χ1n) is 7.89. The molecule has 1 heterocycles. The quantitative estimate of drug-likeness (QED) is 0.814. The maximum atomic E-state index is 12.5. The van der Waals surface area contributed by atoms with Crippen molar-refractivity contribution >= 4 is 12.0 Å². The summed E-state index contributed by atoms with van der Waals surface area (Å²) < 4.78 is 15.9. The van der Waals surface area contributed by atoms with Crippen molar-refractivity contribution in [2.75, 3.05) is 21.0 Å². The van der Waals surface area contributed by atoms with Crippen molar-refractivity contribution in [1.82, 2.24) is 10.4 Å². The lowest BCUT2D eigenvalue weighted by Crippen LogP contribution is -2.49. The van der Waals surface area contributed by atoms with Crippen molar-refractivity contribution < 1.29 is 28.6 Å². The van der Waals surface area contributed by atoms with Gasteiger partial charge in [0.1, 0.15) is 11.6 Å². The zero-order valence-corrected chi connectivity index (χ0v) is 15.1.